The van der Waals surface area contributed by atoms with Gasteiger partial charge in [-0.25, -0.2) is 13.4 Å². The fourth-order valence-electron chi connectivity index (χ4n) is 1.49. The number of hydrogen-bond donors (Lipinski definition) is 0. The number of aromatic nitrogens is 1. The molecule has 0 aliphatic heterocycles. The summed E-state index contributed by atoms with van der Waals surface area (Å²) in [5.74, 6) is -1.01. The molecule has 1 unspecified atom stereocenters. The minimum absolute atomic E-state index is 0.0317. The van der Waals surface area contributed by atoms with E-state index in [1.807, 2.05) is 0 Å². The summed E-state index contributed by atoms with van der Waals surface area (Å²) in [6.45, 7) is 3.21. The molecule has 0 bridgehead atoms. The van der Waals surface area contributed by atoms with E-state index in [4.69, 9.17) is 11.6 Å². The Hall–Kier alpha value is -0.700. The van der Waals surface area contributed by atoms with Crippen molar-refractivity contribution in [3.8, 4) is 0 Å². The second-order valence-electron chi connectivity index (χ2n) is 4.05. The van der Waals surface area contributed by atoms with Crippen molar-refractivity contribution >= 4 is 38.9 Å². The van der Waals surface area contributed by atoms with E-state index in [9.17, 15) is 13.2 Å². The monoisotopic (exact) mass is 326 g/mol. The molecule has 0 amide bonds. The second kappa shape index (κ2) is 6.17. The normalized spacial score (nSPS) is 13.6. The molecular weight excluding hydrogens is 312 g/mol. The maximum absolute atomic E-state index is 12.3. The number of carbonyl (C=O) groups is 1. The maximum Gasteiger partial charge on any atom is 0.309 e. The highest BCUT2D eigenvalue weighted by Crippen LogP contribution is 2.29. The van der Waals surface area contributed by atoms with E-state index in [1.54, 1.807) is 13.8 Å². The first kappa shape index (κ1) is 16.4. The Balaban J connectivity index is 2.95. The molecule has 0 aromatic carbocycles. The number of halogens is 1. The summed E-state index contributed by atoms with van der Waals surface area (Å²) in [4.78, 5) is 15.2. The first-order valence-corrected chi connectivity index (χ1v) is 8.00. The number of nitrogens with zero attached hydrogens (tertiary/aromatic N) is 2. The largest absolute Gasteiger partial charge is 0.469 e. The van der Waals surface area contributed by atoms with Crippen molar-refractivity contribution in [3.63, 3.8) is 0 Å². The van der Waals surface area contributed by atoms with Gasteiger partial charge in [-0.3, -0.25) is 4.79 Å². The van der Waals surface area contributed by atoms with E-state index >= 15 is 0 Å². The Morgan fingerprint density at radius 2 is 2.16 bits per heavy atom. The van der Waals surface area contributed by atoms with Crippen molar-refractivity contribution < 1.29 is 17.9 Å². The lowest BCUT2D eigenvalue weighted by atomic mass is 10.2. The van der Waals surface area contributed by atoms with Crippen LogP contribution in [-0.2, 0) is 19.6 Å². The SMILES string of the molecule is COC(=O)C(C)CN(C)S(=O)(=O)c1sc(Cl)nc1C. The molecule has 1 atom stereocenters. The van der Waals surface area contributed by atoms with Gasteiger partial charge in [-0.1, -0.05) is 29.9 Å². The third-order valence-corrected chi connectivity index (χ3v) is 6.18. The number of sulfonamides is 1. The van der Waals surface area contributed by atoms with Gasteiger partial charge in [0.15, 0.2) is 8.68 Å². The molecule has 0 saturated heterocycles. The van der Waals surface area contributed by atoms with Gasteiger partial charge in [-0.2, -0.15) is 4.31 Å². The Morgan fingerprint density at radius 3 is 2.58 bits per heavy atom. The molecule has 108 valence electrons. The van der Waals surface area contributed by atoms with E-state index < -0.39 is 21.9 Å². The topological polar surface area (TPSA) is 76.6 Å². The molecule has 1 aromatic heterocycles. The molecule has 0 spiro atoms. The molecule has 0 radical (unpaired) electrons. The first-order chi connectivity index (χ1) is 8.70. The van der Waals surface area contributed by atoms with Crippen LogP contribution in [0.2, 0.25) is 4.47 Å². The summed E-state index contributed by atoms with van der Waals surface area (Å²) in [5, 5.41) is 0. The Morgan fingerprint density at radius 1 is 1.58 bits per heavy atom. The molecule has 1 heterocycles. The Bertz CT molecular complexity index is 570. The number of thiazole rings is 1. The molecule has 9 heteroatoms. The van der Waals surface area contributed by atoms with Crippen LogP contribution in [0.25, 0.3) is 0 Å². The van der Waals surface area contributed by atoms with Crippen LogP contribution in [-0.4, -0.2) is 44.4 Å². The lowest BCUT2D eigenvalue weighted by Gasteiger charge is -2.19. The average Bonchev–Trinajstić information content (AvgIpc) is 2.67. The molecule has 1 aromatic rings. The number of methoxy groups -OCH3 is 1. The zero-order chi connectivity index (χ0) is 14.8. The molecule has 0 aliphatic rings. The van der Waals surface area contributed by atoms with Gasteiger partial charge < -0.3 is 4.74 Å². The van der Waals surface area contributed by atoms with Gasteiger partial charge in [0.2, 0.25) is 0 Å². The Kier molecular flexibility index (Phi) is 5.31. The smallest absolute Gasteiger partial charge is 0.309 e. The van der Waals surface area contributed by atoms with Gasteiger partial charge in [0.1, 0.15) is 0 Å². The molecule has 0 saturated carbocycles. The predicted octanol–water partition coefficient (Wildman–Crippen LogP) is 1.53. The van der Waals surface area contributed by atoms with Crippen molar-refractivity contribution in [3.05, 3.63) is 10.2 Å². The third kappa shape index (κ3) is 3.65. The number of ether oxygens (including phenoxy) is 1. The maximum atomic E-state index is 12.3. The van der Waals surface area contributed by atoms with Crippen molar-refractivity contribution in [2.45, 2.75) is 18.1 Å². The van der Waals surface area contributed by atoms with Gasteiger partial charge in [0, 0.05) is 13.6 Å². The highest BCUT2D eigenvalue weighted by atomic mass is 35.5. The molecule has 0 fully saturated rings. The average molecular weight is 327 g/mol. The molecule has 1 rings (SSSR count). The van der Waals surface area contributed by atoms with Crippen molar-refractivity contribution in [2.75, 3.05) is 20.7 Å². The van der Waals surface area contributed by atoms with E-state index in [-0.39, 0.29) is 15.2 Å². The zero-order valence-electron chi connectivity index (χ0n) is 11.0. The minimum atomic E-state index is -3.69. The summed E-state index contributed by atoms with van der Waals surface area (Å²) in [6.07, 6.45) is 0. The van der Waals surface area contributed by atoms with Crippen molar-refractivity contribution in [1.29, 1.82) is 0 Å². The van der Waals surface area contributed by atoms with Gasteiger partial charge in [-0.05, 0) is 6.92 Å². The van der Waals surface area contributed by atoms with Crippen LogP contribution in [0.3, 0.4) is 0 Å². The third-order valence-electron chi connectivity index (χ3n) is 2.51. The Labute approximate surface area is 121 Å². The zero-order valence-corrected chi connectivity index (χ0v) is 13.4. The van der Waals surface area contributed by atoms with Gasteiger partial charge in [0.05, 0.1) is 18.7 Å². The van der Waals surface area contributed by atoms with Gasteiger partial charge in [0.25, 0.3) is 10.0 Å². The lowest BCUT2D eigenvalue weighted by molar-refractivity contribution is -0.144. The van der Waals surface area contributed by atoms with Gasteiger partial charge >= 0.3 is 5.97 Å². The summed E-state index contributed by atoms with van der Waals surface area (Å²) in [6, 6.07) is 0. The van der Waals surface area contributed by atoms with Crippen LogP contribution in [0.1, 0.15) is 12.6 Å². The predicted molar refractivity (Wildman–Crippen MR) is 72.9 cm³/mol. The quantitative estimate of drug-likeness (QED) is 0.767. The van der Waals surface area contributed by atoms with Crippen molar-refractivity contribution in [2.24, 2.45) is 5.92 Å². The number of aryl methyl sites for hydroxylation is 1. The highest BCUT2D eigenvalue weighted by molar-refractivity contribution is 7.91. The number of carbonyl (C=O) groups excluding carboxylic acids is 1. The van der Waals surface area contributed by atoms with Crippen LogP contribution in [0, 0.1) is 12.8 Å². The lowest BCUT2D eigenvalue weighted by Crippen LogP contribution is -2.34. The standard InChI is InChI=1S/C10H15ClN2O4S2/c1-6(8(14)17-4)5-13(3)19(15,16)9-7(2)12-10(11)18-9/h6H,5H2,1-4H3. The molecule has 0 N–H and O–H groups in total. The van der Waals surface area contributed by atoms with E-state index in [0.717, 1.165) is 15.6 Å². The fourth-order valence-corrected chi connectivity index (χ4v) is 4.68. The second-order valence-corrected chi connectivity index (χ2v) is 7.87. The van der Waals surface area contributed by atoms with Gasteiger partial charge in [-0.15, -0.1) is 0 Å². The van der Waals surface area contributed by atoms with Crippen molar-refractivity contribution in [1.82, 2.24) is 9.29 Å². The van der Waals surface area contributed by atoms with Crippen LogP contribution < -0.4 is 0 Å². The van der Waals surface area contributed by atoms with E-state index in [2.05, 4.69) is 9.72 Å². The molecule has 19 heavy (non-hydrogen) atoms. The summed E-state index contributed by atoms with van der Waals surface area (Å²) in [7, 11) is -1.02. The summed E-state index contributed by atoms with van der Waals surface area (Å²) >= 11 is 6.60. The van der Waals surface area contributed by atoms with Crippen LogP contribution >= 0.6 is 22.9 Å². The van der Waals surface area contributed by atoms with Crippen LogP contribution in [0.15, 0.2) is 4.21 Å². The summed E-state index contributed by atoms with van der Waals surface area (Å²) < 4.78 is 30.5. The molecule has 0 aliphatic carbocycles. The number of hydrogen-bond acceptors (Lipinski definition) is 6. The molecular formula is C10H15ClN2O4S2. The minimum Gasteiger partial charge on any atom is -0.469 e. The number of esters is 1. The highest BCUT2D eigenvalue weighted by Gasteiger charge is 2.29. The summed E-state index contributed by atoms with van der Waals surface area (Å²) in [5.41, 5.74) is 0.354. The molecule has 6 nitrogen and oxygen atoms in total. The van der Waals surface area contributed by atoms with E-state index in [1.165, 1.54) is 14.2 Å². The first-order valence-electron chi connectivity index (χ1n) is 5.37. The van der Waals surface area contributed by atoms with Crippen LogP contribution in [0.4, 0.5) is 0 Å². The number of rotatable bonds is 5. The van der Waals surface area contributed by atoms with E-state index in [0.29, 0.717) is 5.69 Å². The van der Waals surface area contributed by atoms with Crippen LogP contribution in [0.5, 0.6) is 0 Å². The fraction of sp³-hybridized carbons (Fsp3) is 0.600.